The number of fused-ring (bicyclic) bond motifs is 1. The highest BCUT2D eigenvalue weighted by Gasteiger charge is 2.55. The maximum absolute atomic E-state index is 13.0. The van der Waals surface area contributed by atoms with Gasteiger partial charge in [-0.1, -0.05) is 30.3 Å². The number of carboxylic acid groups (broad SMARTS) is 1. The van der Waals surface area contributed by atoms with Gasteiger partial charge in [0.05, 0.1) is 12.0 Å². The monoisotopic (exact) mass is 372 g/mol. The zero-order chi connectivity index (χ0) is 18.9. The summed E-state index contributed by atoms with van der Waals surface area (Å²) >= 11 is 0. The minimum atomic E-state index is -0.804. The van der Waals surface area contributed by atoms with E-state index in [4.69, 9.17) is 4.74 Å². The Morgan fingerprint density at radius 2 is 1.93 bits per heavy atom. The highest BCUT2D eigenvalue weighted by atomic mass is 16.5. The Balaban J connectivity index is 1.34. The number of aliphatic carboxylic acids is 1. The number of hydrogen-bond donors (Lipinski definition) is 1. The van der Waals surface area contributed by atoms with E-state index in [2.05, 4.69) is 29.2 Å². The highest BCUT2D eigenvalue weighted by molar-refractivity contribution is 5.82. The number of nitrogens with zero attached hydrogens (tertiary/aromatic N) is 2. The molecule has 6 heteroatoms. The Bertz CT molecular complexity index is 687. The molecule has 27 heavy (non-hydrogen) atoms. The normalized spacial score (nSPS) is 29.5. The van der Waals surface area contributed by atoms with Crippen molar-refractivity contribution in [3.05, 3.63) is 35.9 Å². The summed E-state index contributed by atoms with van der Waals surface area (Å²) in [5, 5.41) is 9.78. The van der Waals surface area contributed by atoms with E-state index in [1.165, 1.54) is 5.56 Å². The average molecular weight is 372 g/mol. The Hall–Kier alpha value is -1.92. The third-order valence-electron chi connectivity index (χ3n) is 6.63. The fourth-order valence-electron chi connectivity index (χ4n) is 4.91. The Labute approximate surface area is 160 Å². The molecule has 3 aliphatic rings. The Kier molecular flexibility index (Phi) is 5.19. The van der Waals surface area contributed by atoms with Crippen LogP contribution in [-0.2, 0) is 20.9 Å². The summed E-state index contributed by atoms with van der Waals surface area (Å²) in [7, 11) is 0. The molecule has 1 N–H and O–H groups in total. The predicted octanol–water partition coefficient (Wildman–Crippen LogP) is 1.85. The molecule has 3 fully saturated rings. The molecule has 0 aliphatic carbocycles. The van der Waals surface area contributed by atoms with Crippen molar-refractivity contribution in [2.24, 2.45) is 17.3 Å². The molecular formula is C21H28N2O4. The Morgan fingerprint density at radius 3 is 2.59 bits per heavy atom. The molecule has 3 saturated heterocycles. The van der Waals surface area contributed by atoms with Gasteiger partial charge in [0.25, 0.3) is 0 Å². The fourth-order valence-corrected chi connectivity index (χ4v) is 4.91. The van der Waals surface area contributed by atoms with Gasteiger partial charge < -0.3 is 14.7 Å². The molecule has 146 valence electrons. The summed E-state index contributed by atoms with van der Waals surface area (Å²) in [5.41, 5.74) is 0.497. The topological polar surface area (TPSA) is 70.1 Å². The van der Waals surface area contributed by atoms with Crippen LogP contribution in [0.5, 0.6) is 0 Å². The summed E-state index contributed by atoms with van der Waals surface area (Å²) < 4.78 is 5.49. The first-order valence-corrected chi connectivity index (χ1v) is 9.95. The fraction of sp³-hybridized carbons (Fsp3) is 0.619. The van der Waals surface area contributed by atoms with Gasteiger partial charge in [0.2, 0.25) is 5.91 Å². The van der Waals surface area contributed by atoms with Gasteiger partial charge in [-0.2, -0.15) is 0 Å². The van der Waals surface area contributed by atoms with E-state index in [1.807, 2.05) is 11.0 Å². The minimum absolute atomic E-state index is 0.0175. The molecule has 0 bridgehead atoms. The van der Waals surface area contributed by atoms with Crippen LogP contribution in [0.25, 0.3) is 0 Å². The smallest absolute Gasteiger partial charge is 0.311 e. The predicted molar refractivity (Wildman–Crippen MR) is 100 cm³/mol. The second-order valence-electron chi connectivity index (χ2n) is 8.24. The molecule has 3 aliphatic heterocycles. The zero-order valence-corrected chi connectivity index (χ0v) is 15.7. The molecule has 0 aromatic heterocycles. The molecule has 0 radical (unpaired) electrons. The van der Waals surface area contributed by atoms with Crippen molar-refractivity contribution in [2.45, 2.75) is 25.8 Å². The van der Waals surface area contributed by atoms with Gasteiger partial charge in [-0.05, 0) is 37.9 Å². The minimum Gasteiger partial charge on any atom is -0.481 e. The van der Waals surface area contributed by atoms with Crippen LogP contribution in [0.4, 0.5) is 0 Å². The van der Waals surface area contributed by atoms with E-state index in [0.29, 0.717) is 32.7 Å². The summed E-state index contributed by atoms with van der Waals surface area (Å²) in [6.45, 7) is 4.54. The first kappa shape index (κ1) is 18.4. The highest BCUT2D eigenvalue weighted by Crippen LogP contribution is 2.43. The number of piperidine rings is 1. The molecule has 0 unspecified atom stereocenters. The lowest BCUT2D eigenvalue weighted by atomic mass is 9.74. The van der Waals surface area contributed by atoms with Gasteiger partial charge in [-0.25, -0.2) is 0 Å². The van der Waals surface area contributed by atoms with E-state index >= 15 is 0 Å². The first-order chi connectivity index (χ1) is 13.1. The first-order valence-electron chi connectivity index (χ1n) is 9.95. The standard InChI is InChI=1S/C21H28N2O4/c24-19(23-13-18-14-27-11-8-21(18,15-23)20(25)26)17-6-9-22(10-7-17)12-16-4-2-1-3-5-16/h1-5,17-18H,6-15H2,(H,25,26)/t18-,21+/m0/s1. The van der Waals surface area contributed by atoms with Crippen molar-refractivity contribution in [3.63, 3.8) is 0 Å². The van der Waals surface area contributed by atoms with Crippen molar-refractivity contribution in [3.8, 4) is 0 Å². The third kappa shape index (κ3) is 3.60. The van der Waals surface area contributed by atoms with Crippen LogP contribution in [0, 0.1) is 17.3 Å². The number of amides is 1. The summed E-state index contributed by atoms with van der Waals surface area (Å²) in [6, 6.07) is 10.4. The van der Waals surface area contributed by atoms with Gasteiger partial charge in [0, 0.05) is 38.1 Å². The lowest BCUT2D eigenvalue weighted by Gasteiger charge is -2.34. The lowest BCUT2D eigenvalue weighted by molar-refractivity contribution is -0.157. The molecule has 4 rings (SSSR count). The van der Waals surface area contributed by atoms with E-state index in [9.17, 15) is 14.7 Å². The molecule has 6 nitrogen and oxygen atoms in total. The van der Waals surface area contributed by atoms with Gasteiger partial charge >= 0.3 is 5.97 Å². The summed E-state index contributed by atoms with van der Waals surface area (Å²) in [6.07, 6.45) is 2.21. The van der Waals surface area contributed by atoms with Crippen LogP contribution in [0.15, 0.2) is 30.3 Å². The maximum atomic E-state index is 13.0. The number of rotatable bonds is 4. The second-order valence-corrected chi connectivity index (χ2v) is 8.24. The van der Waals surface area contributed by atoms with Gasteiger partial charge in [-0.3, -0.25) is 14.5 Å². The maximum Gasteiger partial charge on any atom is 0.311 e. The number of hydrogen-bond acceptors (Lipinski definition) is 4. The van der Waals surface area contributed by atoms with Crippen molar-refractivity contribution in [1.29, 1.82) is 0 Å². The molecule has 0 saturated carbocycles. The average Bonchev–Trinajstić information content (AvgIpc) is 3.10. The van der Waals surface area contributed by atoms with Crippen LogP contribution < -0.4 is 0 Å². The number of ether oxygens (including phenoxy) is 1. The van der Waals surface area contributed by atoms with Crippen LogP contribution in [0.2, 0.25) is 0 Å². The van der Waals surface area contributed by atoms with Crippen LogP contribution in [0.3, 0.4) is 0 Å². The molecule has 1 amide bonds. The second kappa shape index (κ2) is 7.60. The molecule has 2 atom stereocenters. The van der Waals surface area contributed by atoms with Crippen molar-refractivity contribution in [1.82, 2.24) is 9.80 Å². The number of likely N-dealkylation sites (tertiary alicyclic amines) is 2. The summed E-state index contributed by atoms with van der Waals surface area (Å²) in [4.78, 5) is 29.2. The molecular weight excluding hydrogens is 344 g/mol. The van der Waals surface area contributed by atoms with Gasteiger partial charge in [0.1, 0.15) is 0 Å². The van der Waals surface area contributed by atoms with E-state index in [1.54, 1.807) is 0 Å². The van der Waals surface area contributed by atoms with Crippen LogP contribution >= 0.6 is 0 Å². The number of benzene rings is 1. The summed E-state index contributed by atoms with van der Waals surface area (Å²) in [5.74, 6) is -0.692. The van der Waals surface area contributed by atoms with Crippen molar-refractivity contribution < 1.29 is 19.4 Å². The molecule has 3 heterocycles. The molecule has 1 aromatic carbocycles. The number of carboxylic acids is 1. The van der Waals surface area contributed by atoms with Crippen LogP contribution in [-0.4, -0.2) is 66.2 Å². The van der Waals surface area contributed by atoms with E-state index < -0.39 is 11.4 Å². The quantitative estimate of drug-likeness (QED) is 0.873. The van der Waals surface area contributed by atoms with Crippen molar-refractivity contribution in [2.75, 3.05) is 39.4 Å². The molecule has 0 spiro atoms. The van der Waals surface area contributed by atoms with E-state index in [-0.39, 0.29) is 17.7 Å². The van der Waals surface area contributed by atoms with Crippen molar-refractivity contribution >= 4 is 11.9 Å². The largest absolute Gasteiger partial charge is 0.481 e. The van der Waals surface area contributed by atoms with Gasteiger partial charge in [0.15, 0.2) is 0 Å². The Morgan fingerprint density at radius 1 is 1.19 bits per heavy atom. The zero-order valence-electron chi connectivity index (χ0n) is 15.7. The molecule has 1 aromatic rings. The van der Waals surface area contributed by atoms with E-state index in [0.717, 1.165) is 32.5 Å². The lowest BCUT2D eigenvalue weighted by Crippen LogP contribution is -2.45. The number of carbonyl (C=O) groups is 2. The van der Waals surface area contributed by atoms with Crippen LogP contribution in [0.1, 0.15) is 24.8 Å². The van der Waals surface area contributed by atoms with Gasteiger partial charge in [-0.15, -0.1) is 0 Å². The SMILES string of the molecule is O=C(C1CCN(Cc2ccccc2)CC1)N1C[C@H]2COCC[C@@]2(C(=O)O)C1. The third-order valence-corrected chi connectivity index (χ3v) is 6.63. The number of carbonyl (C=O) groups excluding carboxylic acids is 1.